The number of imide groups is 1. The van der Waals surface area contributed by atoms with Crippen molar-refractivity contribution in [1.29, 1.82) is 0 Å². The lowest BCUT2D eigenvalue weighted by molar-refractivity contribution is -0.120. The molecular weight excluding hydrogens is 548 g/mol. The van der Waals surface area contributed by atoms with E-state index in [1.54, 1.807) is 0 Å². The van der Waals surface area contributed by atoms with E-state index in [4.69, 9.17) is 27.9 Å². The molecule has 0 spiro atoms. The normalized spacial score (nSPS) is 13.1. The maximum absolute atomic E-state index is 13.3. The minimum absolute atomic E-state index is 0.122. The van der Waals surface area contributed by atoms with Gasteiger partial charge in [0.05, 0.1) is 22.9 Å². The van der Waals surface area contributed by atoms with Crippen LogP contribution in [0.3, 0.4) is 0 Å². The second-order valence-electron chi connectivity index (χ2n) is 8.46. The SMILES string of the molecule is CCCCOC(=O)c1ccc(N2C(=O)C(Cl)=C(Nc3ccc(C(=O)Nc4ccc(F)c(Cl)c4)cc3)C2=O)cc1. The molecular formula is C28H22Cl2FN3O5. The van der Waals surface area contributed by atoms with Crippen LogP contribution < -0.4 is 15.5 Å². The van der Waals surface area contributed by atoms with Gasteiger partial charge in [0.2, 0.25) is 0 Å². The van der Waals surface area contributed by atoms with Gasteiger partial charge in [-0.05, 0) is 73.2 Å². The molecule has 8 nitrogen and oxygen atoms in total. The number of rotatable bonds is 9. The van der Waals surface area contributed by atoms with Crippen LogP contribution in [0.4, 0.5) is 21.5 Å². The van der Waals surface area contributed by atoms with Crippen LogP contribution in [0.2, 0.25) is 5.02 Å². The van der Waals surface area contributed by atoms with Gasteiger partial charge in [-0.3, -0.25) is 14.4 Å². The predicted octanol–water partition coefficient (Wildman–Crippen LogP) is 6.12. The lowest BCUT2D eigenvalue weighted by Crippen LogP contribution is -2.32. The average molecular weight is 570 g/mol. The minimum Gasteiger partial charge on any atom is -0.462 e. The van der Waals surface area contributed by atoms with Crippen LogP contribution in [0, 0.1) is 5.82 Å². The Kier molecular flexibility index (Phi) is 8.63. The molecule has 1 aliphatic rings. The number of halogens is 3. The number of nitrogens with zero attached hydrogens (tertiary/aromatic N) is 1. The zero-order valence-electron chi connectivity index (χ0n) is 20.6. The number of nitrogens with one attached hydrogen (secondary N) is 2. The monoisotopic (exact) mass is 569 g/mol. The smallest absolute Gasteiger partial charge is 0.338 e. The predicted molar refractivity (Wildman–Crippen MR) is 146 cm³/mol. The zero-order chi connectivity index (χ0) is 28.1. The van der Waals surface area contributed by atoms with E-state index in [0.717, 1.165) is 23.8 Å². The standard InChI is InChI=1S/C28H22Cl2FN3O5/c1-2-3-14-39-28(38)17-6-11-20(12-7-17)34-26(36)23(30)24(27(34)37)32-18-8-4-16(5-9-18)25(35)33-19-10-13-22(31)21(29)15-19/h4-13,15,32H,2-3,14H2,1H3,(H,33,35). The Morgan fingerprint density at radius 2 is 1.54 bits per heavy atom. The third-order valence-electron chi connectivity index (χ3n) is 5.71. The molecule has 4 rings (SSSR count). The lowest BCUT2D eigenvalue weighted by atomic mass is 10.2. The molecule has 2 N–H and O–H groups in total. The Bertz CT molecular complexity index is 1470. The third-order valence-corrected chi connectivity index (χ3v) is 6.35. The van der Waals surface area contributed by atoms with E-state index >= 15 is 0 Å². The number of carbonyl (C=O) groups is 4. The lowest BCUT2D eigenvalue weighted by Gasteiger charge is -2.15. The molecule has 0 aromatic heterocycles. The van der Waals surface area contributed by atoms with Gasteiger partial charge in [-0.25, -0.2) is 14.1 Å². The number of anilines is 3. The topological polar surface area (TPSA) is 105 Å². The number of hydrogen-bond donors (Lipinski definition) is 2. The van der Waals surface area contributed by atoms with E-state index < -0.39 is 29.5 Å². The van der Waals surface area contributed by atoms with Crippen LogP contribution in [0.25, 0.3) is 0 Å². The molecule has 0 fully saturated rings. The van der Waals surface area contributed by atoms with Crippen LogP contribution in [0.1, 0.15) is 40.5 Å². The van der Waals surface area contributed by atoms with E-state index in [0.29, 0.717) is 18.0 Å². The van der Waals surface area contributed by atoms with Crippen molar-refractivity contribution >= 4 is 64.0 Å². The Balaban J connectivity index is 1.42. The number of benzene rings is 3. The van der Waals surface area contributed by atoms with Gasteiger partial charge in [0, 0.05) is 16.9 Å². The molecule has 1 heterocycles. The molecule has 0 unspecified atom stereocenters. The fourth-order valence-electron chi connectivity index (χ4n) is 3.61. The maximum atomic E-state index is 13.3. The van der Waals surface area contributed by atoms with Crippen LogP contribution in [-0.4, -0.2) is 30.3 Å². The van der Waals surface area contributed by atoms with Gasteiger partial charge in [-0.15, -0.1) is 0 Å². The summed E-state index contributed by atoms with van der Waals surface area (Å²) >= 11 is 11.9. The summed E-state index contributed by atoms with van der Waals surface area (Å²) in [6.45, 7) is 2.29. The molecule has 11 heteroatoms. The first-order valence-electron chi connectivity index (χ1n) is 11.9. The van der Waals surface area contributed by atoms with Crippen molar-refractivity contribution in [2.45, 2.75) is 19.8 Å². The average Bonchev–Trinajstić information content (AvgIpc) is 3.14. The molecule has 3 aromatic rings. The van der Waals surface area contributed by atoms with E-state index in [1.807, 2.05) is 6.92 Å². The number of carbonyl (C=O) groups excluding carboxylic acids is 4. The van der Waals surface area contributed by atoms with Crippen molar-refractivity contribution in [3.05, 3.63) is 99.4 Å². The molecule has 0 saturated heterocycles. The Labute approximate surface area is 233 Å². The highest BCUT2D eigenvalue weighted by Gasteiger charge is 2.39. The molecule has 39 heavy (non-hydrogen) atoms. The number of hydrogen-bond acceptors (Lipinski definition) is 6. The Morgan fingerprint density at radius 3 is 2.18 bits per heavy atom. The van der Waals surface area contributed by atoms with Crippen LogP contribution in [0.15, 0.2) is 77.5 Å². The highest BCUT2D eigenvalue weighted by molar-refractivity contribution is 6.53. The molecule has 200 valence electrons. The molecule has 0 saturated carbocycles. The van der Waals surface area contributed by atoms with Crippen LogP contribution in [-0.2, 0) is 14.3 Å². The van der Waals surface area contributed by atoms with Gasteiger partial charge < -0.3 is 15.4 Å². The quantitative estimate of drug-likeness (QED) is 0.182. The molecule has 0 aliphatic carbocycles. The summed E-state index contributed by atoms with van der Waals surface area (Å²) in [5.74, 6) is -2.96. The second kappa shape index (κ2) is 12.1. The van der Waals surface area contributed by atoms with Crippen molar-refractivity contribution in [3.8, 4) is 0 Å². The largest absolute Gasteiger partial charge is 0.462 e. The highest BCUT2D eigenvalue weighted by atomic mass is 35.5. The number of esters is 1. The zero-order valence-corrected chi connectivity index (χ0v) is 22.1. The summed E-state index contributed by atoms with van der Waals surface area (Å²) in [6.07, 6.45) is 1.64. The fourth-order valence-corrected chi connectivity index (χ4v) is 4.00. The first-order valence-corrected chi connectivity index (χ1v) is 12.6. The van der Waals surface area contributed by atoms with Gasteiger partial charge in [-0.2, -0.15) is 0 Å². The van der Waals surface area contributed by atoms with Crippen LogP contribution in [0.5, 0.6) is 0 Å². The minimum atomic E-state index is -0.726. The van der Waals surface area contributed by atoms with Gasteiger partial charge in [0.25, 0.3) is 17.7 Å². The molecule has 3 amide bonds. The Hall–Kier alpha value is -4.21. The molecule has 3 aromatic carbocycles. The van der Waals surface area contributed by atoms with Gasteiger partial charge >= 0.3 is 5.97 Å². The van der Waals surface area contributed by atoms with E-state index in [2.05, 4.69) is 10.6 Å². The van der Waals surface area contributed by atoms with E-state index in [-0.39, 0.29) is 32.6 Å². The molecule has 0 bridgehead atoms. The Morgan fingerprint density at radius 1 is 0.897 bits per heavy atom. The summed E-state index contributed by atoms with van der Waals surface area (Å²) in [5, 5.41) is 5.01. The summed E-state index contributed by atoms with van der Waals surface area (Å²) in [6, 6.07) is 15.7. The highest BCUT2D eigenvalue weighted by Crippen LogP contribution is 2.30. The summed E-state index contributed by atoms with van der Waals surface area (Å²) in [7, 11) is 0. The molecule has 1 aliphatic heterocycles. The van der Waals surface area contributed by atoms with Crippen molar-refractivity contribution < 1.29 is 28.3 Å². The third kappa shape index (κ3) is 6.27. The van der Waals surface area contributed by atoms with Gasteiger partial charge in [-0.1, -0.05) is 36.5 Å². The molecule has 0 atom stereocenters. The van der Waals surface area contributed by atoms with Crippen molar-refractivity contribution in [2.24, 2.45) is 0 Å². The van der Waals surface area contributed by atoms with Gasteiger partial charge in [0.15, 0.2) is 0 Å². The summed E-state index contributed by atoms with van der Waals surface area (Å²) in [4.78, 5) is 51.4. The first-order chi connectivity index (χ1) is 18.7. The fraction of sp³-hybridized carbons (Fsp3) is 0.143. The van der Waals surface area contributed by atoms with Gasteiger partial charge in [0.1, 0.15) is 16.5 Å². The van der Waals surface area contributed by atoms with E-state index in [1.165, 1.54) is 60.7 Å². The van der Waals surface area contributed by atoms with Crippen molar-refractivity contribution in [1.82, 2.24) is 0 Å². The van der Waals surface area contributed by atoms with Crippen molar-refractivity contribution in [2.75, 3.05) is 22.1 Å². The van der Waals surface area contributed by atoms with E-state index in [9.17, 15) is 23.6 Å². The second-order valence-corrected chi connectivity index (χ2v) is 9.24. The molecule has 0 radical (unpaired) electrons. The summed E-state index contributed by atoms with van der Waals surface area (Å²) in [5.41, 5.74) is 1.39. The number of amides is 3. The number of unbranched alkanes of at least 4 members (excludes halogenated alkanes) is 1. The number of ether oxygens (including phenoxy) is 1. The first kappa shape index (κ1) is 27.8. The van der Waals surface area contributed by atoms with Crippen LogP contribution >= 0.6 is 23.2 Å². The summed E-state index contributed by atoms with van der Waals surface area (Å²) < 4.78 is 18.5. The van der Waals surface area contributed by atoms with Crippen molar-refractivity contribution in [3.63, 3.8) is 0 Å². The maximum Gasteiger partial charge on any atom is 0.338 e.